The fourth-order valence-electron chi connectivity index (χ4n) is 2.52. The van der Waals surface area contributed by atoms with Crippen LogP contribution in [0.4, 0.5) is 24.8 Å². The van der Waals surface area contributed by atoms with Gasteiger partial charge in [0.2, 0.25) is 11.8 Å². The van der Waals surface area contributed by atoms with Crippen molar-refractivity contribution in [3.05, 3.63) is 41.6 Å². The van der Waals surface area contributed by atoms with Gasteiger partial charge in [0.15, 0.2) is 0 Å². The molecule has 7 heteroatoms. The Morgan fingerprint density at radius 1 is 1.07 bits per heavy atom. The number of aromatic nitrogens is 2. The summed E-state index contributed by atoms with van der Waals surface area (Å²) in [5.41, 5.74) is 1.04. The zero-order valence-electron chi connectivity index (χ0n) is 16.3. The van der Waals surface area contributed by atoms with E-state index in [4.69, 9.17) is 4.74 Å². The van der Waals surface area contributed by atoms with Crippen LogP contribution < -0.4 is 9.64 Å². The van der Waals surface area contributed by atoms with Crippen molar-refractivity contribution in [1.82, 2.24) is 9.97 Å². The highest BCUT2D eigenvalue weighted by Crippen LogP contribution is 2.36. The number of anilines is 2. The Labute approximate surface area is 158 Å². The van der Waals surface area contributed by atoms with Crippen LogP contribution in [0.5, 0.6) is 5.88 Å². The molecular weight excluding hydrogens is 355 g/mol. The normalized spacial score (nSPS) is 12.9. The molecule has 0 saturated heterocycles. The van der Waals surface area contributed by atoms with Gasteiger partial charge in [0, 0.05) is 18.4 Å². The van der Waals surface area contributed by atoms with Gasteiger partial charge in [-0.1, -0.05) is 32.9 Å². The molecule has 0 aliphatic rings. The molecule has 0 N–H and O–H groups in total. The van der Waals surface area contributed by atoms with E-state index in [9.17, 15) is 13.2 Å². The monoisotopic (exact) mass is 381 g/mol. The summed E-state index contributed by atoms with van der Waals surface area (Å²) in [5.74, 6) is 0.146. The molecule has 148 valence electrons. The minimum atomic E-state index is -4.57. The first-order valence-electron chi connectivity index (χ1n) is 9.15. The highest BCUT2D eigenvalue weighted by atomic mass is 19.4. The Kier molecular flexibility index (Phi) is 6.68. The van der Waals surface area contributed by atoms with Crippen molar-refractivity contribution >= 4 is 11.6 Å². The predicted octanol–water partition coefficient (Wildman–Crippen LogP) is 5.95. The number of hydrogen-bond donors (Lipinski definition) is 0. The van der Waals surface area contributed by atoms with Crippen LogP contribution in [-0.2, 0) is 6.18 Å². The second-order valence-corrected chi connectivity index (χ2v) is 6.71. The molecular formula is C20H26F3N3O. The van der Waals surface area contributed by atoms with Crippen molar-refractivity contribution in [3.63, 3.8) is 0 Å². The van der Waals surface area contributed by atoms with Crippen LogP contribution in [0.1, 0.15) is 58.1 Å². The highest BCUT2D eigenvalue weighted by Gasteiger charge is 2.37. The Balaban J connectivity index is 2.44. The Hall–Kier alpha value is -2.31. The standard InChI is InChI=1S/C20H26F3N3O/c1-6-14(5)27-18-17(20(21,22)23)12-24-19(25-18)26(7-2)16-10-8-15(9-11-16)13(3)4/h8-14H,6-7H2,1-5H3. The van der Waals surface area contributed by atoms with Gasteiger partial charge in [-0.2, -0.15) is 18.2 Å². The second kappa shape index (κ2) is 8.59. The van der Waals surface area contributed by atoms with Crippen LogP contribution in [0.3, 0.4) is 0 Å². The third-order valence-corrected chi connectivity index (χ3v) is 4.36. The van der Waals surface area contributed by atoms with Crippen molar-refractivity contribution in [2.45, 2.75) is 59.2 Å². The van der Waals surface area contributed by atoms with E-state index in [1.807, 2.05) is 38.1 Å². The lowest BCUT2D eigenvalue weighted by Gasteiger charge is -2.23. The lowest BCUT2D eigenvalue weighted by Crippen LogP contribution is -2.22. The first-order chi connectivity index (χ1) is 12.7. The van der Waals surface area contributed by atoms with Crippen LogP contribution in [-0.4, -0.2) is 22.6 Å². The summed E-state index contributed by atoms with van der Waals surface area (Å²) >= 11 is 0. The molecule has 1 unspecified atom stereocenters. The summed E-state index contributed by atoms with van der Waals surface area (Å²) in [5, 5.41) is 0. The summed E-state index contributed by atoms with van der Waals surface area (Å²) in [4.78, 5) is 9.82. The number of rotatable bonds is 7. The molecule has 4 nitrogen and oxygen atoms in total. The number of ether oxygens (including phenoxy) is 1. The maximum absolute atomic E-state index is 13.3. The lowest BCUT2D eigenvalue weighted by atomic mass is 10.0. The summed E-state index contributed by atoms with van der Waals surface area (Å²) in [6.07, 6.45) is -3.58. The first kappa shape index (κ1) is 21.0. The van der Waals surface area contributed by atoms with Crippen LogP contribution in [0.25, 0.3) is 0 Å². The van der Waals surface area contributed by atoms with Gasteiger partial charge >= 0.3 is 6.18 Å². The van der Waals surface area contributed by atoms with E-state index in [1.165, 1.54) is 5.56 Å². The molecule has 0 radical (unpaired) electrons. The Morgan fingerprint density at radius 3 is 2.19 bits per heavy atom. The largest absolute Gasteiger partial charge is 0.474 e. The molecule has 0 aliphatic heterocycles. The van der Waals surface area contributed by atoms with Crippen LogP contribution in [0.2, 0.25) is 0 Å². The van der Waals surface area contributed by atoms with E-state index in [0.717, 1.165) is 11.9 Å². The van der Waals surface area contributed by atoms with Crippen molar-refractivity contribution in [3.8, 4) is 5.88 Å². The van der Waals surface area contributed by atoms with Crippen LogP contribution in [0, 0.1) is 0 Å². The summed E-state index contributed by atoms with van der Waals surface area (Å²) in [6.45, 7) is 10.2. The molecule has 1 heterocycles. The smallest absolute Gasteiger partial charge is 0.423 e. The van der Waals surface area contributed by atoms with Gasteiger partial charge in [0.05, 0.1) is 6.10 Å². The zero-order valence-corrected chi connectivity index (χ0v) is 16.3. The highest BCUT2D eigenvalue weighted by molar-refractivity contribution is 5.58. The number of halogens is 3. The fourth-order valence-corrected chi connectivity index (χ4v) is 2.52. The molecule has 2 rings (SSSR count). The van der Waals surface area contributed by atoms with Gasteiger partial charge in [0.25, 0.3) is 0 Å². The third-order valence-electron chi connectivity index (χ3n) is 4.36. The molecule has 1 aromatic carbocycles. The SMILES string of the molecule is CCC(C)Oc1nc(N(CC)c2ccc(C(C)C)cc2)ncc1C(F)(F)F. The van der Waals surface area contributed by atoms with Crippen molar-refractivity contribution in [1.29, 1.82) is 0 Å². The van der Waals surface area contributed by atoms with Crippen LogP contribution >= 0.6 is 0 Å². The number of benzene rings is 1. The average Bonchev–Trinajstić information content (AvgIpc) is 2.62. The molecule has 0 bridgehead atoms. The molecule has 27 heavy (non-hydrogen) atoms. The number of hydrogen-bond acceptors (Lipinski definition) is 4. The van der Waals surface area contributed by atoms with E-state index in [2.05, 4.69) is 23.8 Å². The number of nitrogens with zero attached hydrogens (tertiary/aromatic N) is 3. The van der Waals surface area contributed by atoms with Gasteiger partial charge < -0.3 is 9.64 Å². The van der Waals surface area contributed by atoms with Gasteiger partial charge in [0.1, 0.15) is 5.56 Å². The van der Waals surface area contributed by atoms with Gasteiger partial charge in [-0.3, -0.25) is 0 Å². The van der Waals surface area contributed by atoms with E-state index in [0.29, 0.717) is 18.9 Å². The van der Waals surface area contributed by atoms with E-state index in [1.54, 1.807) is 11.8 Å². The molecule has 0 spiro atoms. The predicted molar refractivity (Wildman–Crippen MR) is 101 cm³/mol. The molecule has 0 saturated carbocycles. The summed E-state index contributed by atoms with van der Waals surface area (Å²) < 4.78 is 45.3. The second-order valence-electron chi connectivity index (χ2n) is 6.71. The third kappa shape index (κ3) is 5.11. The lowest BCUT2D eigenvalue weighted by molar-refractivity contribution is -0.139. The number of alkyl halides is 3. The van der Waals surface area contributed by atoms with Crippen molar-refractivity contribution in [2.75, 3.05) is 11.4 Å². The van der Waals surface area contributed by atoms with Gasteiger partial charge in [-0.05, 0) is 43.9 Å². The van der Waals surface area contributed by atoms with Crippen LogP contribution in [0.15, 0.2) is 30.5 Å². The molecule has 0 fully saturated rings. The van der Waals surface area contributed by atoms with E-state index < -0.39 is 17.6 Å². The molecule has 1 aromatic heterocycles. The molecule has 0 amide bonds. The quantitative estimate of drug-likeness (QED) is 0.594. The average molecular weight is 381 g/mol. The van der Waals surface area contributed by atoms with Gasteiger partial charge in [-0.15, -0.1) is 0 Å². The van der Waals surface area contributed by atoms with E-state index in [-0.39, 0.29) is 12.1 Å². The Morgan fingerprint density at radius 2 is 1.70 bits per heavy atom. The van der Waals surface area contributed by atoms with Gasteiger partial charge in [-0.25, -0.2) is 4.98 Å². The maximum atomic E-state index is 13.3. The maximum Gasteiger partial charge on any atom is 0.423 e. The minimum Gasteiger partial charge on any atom is -0.474 e. The Bertz CT molecular complexity index is 745. The first-order valence-corrected chi connectivity index (χ1v) is 9.15. The van der Waals surface area contributed by atoms with Crippen molar-refractivity contribution < 1.29 is 17.9 Å². The van der Waals surface area contributed by atoms with E-state index >= 15 is 0 Å². The minimum absolute atomic E-state index is 0.182. The fraction of sp³-hybridized carbons (Fsp3) is 0.500. The molecule has 0 aliphatic carbocycles. The van der Waals surface area contributed by atoms with Crippen molar-refractivity contribution in [2.24, 2.45) is 0 Å². The molecule has 2 aromatic rings. The zero-order chi connectivity index (χ0) is 20.2. The summed E-state index contributed by atoms with van der Waals surface area (Å²) in [6, 6.07) is 7.86. The summed E-state index contributed by atoms with van der Waals surface area (Å²) in [7, 11) is 0. The molecule has 1 atom stereocenters. The topological polar surface area (TPSA) is 38.2 Å².